The molecule has 0 spiro atoms. The highest BCUT2D eigenvalue weighted by Gasteiger charge is 2.11. The summed E-state index contributed by atoms with van der Waals surface area (Å²) < 4.78 is 5.47. The first kappa shape index (κ1) is 15.3. The number of methoxy groups -OCH3 is 1. The highest BCUT2D eigenvalue weighted by Crippen LogP contribution is 2.21. The molecule has 0 amide bonds. The Bertz CT molecular complexity index is 400. The van der Waals surface area contributed by atoms with Crippen molar-refractivity contribution >= 4 is 0 Å². The quantitative estimate of drug-likeness (QED) is 0.774. The third-order valence-corrected chi connectivity index (χ3v) is 3.94. The van der Waals surface area contributed by atoms with Crippen molar-refractivity contribution in [3.63, 3.8) is 0 Å². The number of nitrogens with zero attached hydrogens (tertiary/aromatic N) is 1. The molecule has 3 nitrogen and oxygen atoms in total. The molecule has 1 saturated heterocycles. The van der Waals surface area contributed by atoms with Gasteiger partial charge in [0.25, 0.3) is 0 Å². The average molecular weight is 276 g/mol. The van der Waals surface area contributed by atoms with Gasteiger partial charge in [-0.25, -0.2) is 0 Å². The van der Waals surface area contributed by atoms with Gasteiger partial charge in [-0.2, -0.15) is 0 Å². The van der Waals surface area contributed by atoms with E-state index in [-0.39, 0.29) is 0 Å². The van der Waals surface area contributed by atoms with Crippen LogP contribution in [0.5, 0.6) is 5.75 Å². The van der Waals surface area contributed by atoms with Gasteiger partial charge in [-0.1, -0.05) is 19.4 Å². The molecule has 0 aliphatic carbocycles. The van der Waals surface area contributed by atoms with E-state index < -0.39 is 0 Å². The first-order valence-corrected chi connectivity index (χ1v) is 7.92. The normalized spacial score (nSPS) is 16.3. The highest BCUT2D eigenvalue weighted by atomic mass is 16.5. The molecule has 1 N–H and O–H groups in total. The first-order chi connectivity index (χ1) is 9.83. The van der Waals surface area contributed by atoms with Gasteiger partial charge < -0.3 is 10.1 Å². The third-order valence-electron chi connectivity index (χ3n) is 3.94. The fourth-order valence-corrected chi connectivity index (χ4v) is 2.84. The Balaban J connectivity index is 1.99. The van der Waals surface area contributed by atoms with Crippen molar-refractivity contribution in [1.29, 1.82) is 0 Å². The van der Waals surface area contributed by atoms with Crippen LogP contribution in [0.15, 0.2) is 18.2 Å². The smallest absolute Gasteiger partial charge is 0.123 e. The maximum Gasteiger partial charge on any atom is 0.123 e. The predicted octanol–water partition coefficient (Wildman–Crippen LogP) is 3.18. The fourth-order valence-electron chi connectivity index (χ4n) is 2.84. The van der Waals surface area contributed by atoms with Crippen LogP contribution in [0.3, 0.4) is 0 Å². The van der Waals surface area contributed by atoms with Crippen LogP contribution in [0.2, 0.25) is 0 Å². The van der Waals surface area contributed by atoms with E-state index in [4.69, 9.17) is 4.74 Å². The molecule has 1 aromatic rings. The second kappa shape index (κ2) is 8.28. The second-order valence-corrected chi connectivity index (χ2v) is 5.66. The molecule has 0 bridgehead atoms. The molecule has 0 unspecified atom stereocenters. The summed E-state index contributed by atoms with van der Waals surface area (Å²) in [5.74, 6) is 0.996. The number of rotatable bonds is 7. The van der Waals surface area contributed by atoms with Gasteiger partial charge in [0.05, 0.1) is 7.11 Å². The number of piperidine rings is 1. The molecular formula is C17H28N2O. The van der Waals surface area contributed by atoms with Gasteiger partial charge >= 0.3 is 0 Å². The summed E-state index contributed by atoms with van der Waals surface area (Å²) in [4.78, 5) is 2.56. The lowest BCUT2D eigenvalue weighted by Crippen LogP contribution is -2.29. The molecule has 1 heterocycles. The molecule has 3 heteroatoms. The number of likely N-dealkylation sites (tertiary alicyclic amines) is 1. The number of hydrogen-bond donors (Lipinski definition) is 1. The number of ether oxygens (including phenoxy) is 1. The fraction of sp³-hybridized carbons (Fsp3) is 0.647. The molecule has 112 valence electrons. The van der Waals surface area contributed by atoms with Crippen LogP contribution in [-0.2, 0) is 13.1 Å². The Morgan fingerprint density at radius 1 is 1.20 bits per heavy atom. The Kier molecular flexibility index (Phi) is 6.34. The third kappa shape index (κ3) is 4.50. The summed E-state index contributed by atoms with van der Waals surface area (Å²) in [5.41, 5.74) is 2.68. The van der Waals surface area contributed by atoms with E-state index in [2.05, 4.69) is 35.3 Å². The van der Waals surface area contributed by atoms with Gasteiger partial charge in [-0.05, 0) is 56.6 Å². The van der Waals surface area contributed by atoms with E-state index in [1.165, 1.54) is 43.5 Å². The van der Waals surface area contributed by atoms with Crippen molar-refractivity contribution in [2.75, 3.05) is 26.7 Å². The van der Waals surface area contributed by atoms with Gasteiger partial charge in [0.1, 0.15) is 5.75 Å². The average Bonchev–Trinajstić information content (AvgIpc) is 2.49. The van der Waals surface area contributed by atoms with Crippen LogP contribution in [0.25, 0.3) is 0 Å². The van der Waals surface area contributed by atoms with Crippen molar-refractivity contribution in [1.82, 2.24) is 10.2 Å². The molecule has 1 aliphatic rings. The van der Waals surface area contributed by atoms with Gasteiger partial charge in [-0.15, -0.1) is 0 Å². The zero-order valence-corrected chi connectivity index (χ0v) is 13.0. The summed E-state index contributed by atoms with van der Waals surface area (Å²) >= 11 is 0. The Morgan fingerprint density at radius 2 is 2.00 bits per heavy atom. The van der Waals surface area contributed by atoms with Crippen LogP contribution in [0.4, 0.5) is 0 Å². The van der Waals surface area contributed by atoms with Gasteiger partial charge in [0.15, 0.2) is 0 Å². The van der Waals surface area contributed by atoms with E-state index in [0.29, 0.717) is 0 Å². The minimum atomic E-state index is 0.894. The molecule has 0 atom stereocenters. The van der Waals surface area contributed by atoms with E-state index in [1.54, 1.807) is 7.11 Å². The lowest BCUT2D eigenvalue weighted by atomic mass is 10.1. The van der Waals surface area contributed by atoms with E-state index >= 15 is 0 Å². The number of nitrogens with one attached hydrogen (secondary N) is 1. The Morgan fingerprint density at radius 3 is 2.70 bits per heavy atom. The lowest BCUT2D eigenvalue weighted by molar-refractivity contribution is 0.221. The maximum absolute atomic E-state index is 5.47. The molecule has 20 heavy (non-hydrogen) atoms. The monoisotopic (exact) mass is 276 g/mol. The van der Waals surface area contributed by atoms with Crippen molar-refractivity contribution < 1.29 is 4.74 Å². The summed E-state index contributed by atoms with van der Waals surface area (Å²) in [5, 5.41) is 3.46. The van der Waals surface area contributed by atoms with E-state index in [9.17, 15) is 0 Å². The Hall–Kier alpha value is -1.06. The van der Waals surface area contributed by atoms with Crippen molar-refractivity contribution in [3.8, 4) is 5.75 Å². The van der Waals surface area contributed by atoms with Crippen LogP contribution in [-0.4, -0.2) is 31.6 Å². The summed E-state index contributed by atoms with van der Waals surface area (Å²) in [6.07, 6.45) is 5.25. The SMILES string of the molecule is CCCNCc1cc(CN2CCCCC2)ccc1OC. The van der Waals surface area contributed by atoms with Crippen molar-refractivity contribution in [3.05, 3.63) is 29.3 Å². The molecule has 1 aromatic carbocycles. The summed E-state index contributed by atoms with van der Waals surface area (Å²) in [6.45, 7) is 7.71. The summed E-state index contributed by atoms with van der Waals surface area (Å²) in [6, 6.07) is 6.62. The predicted molar refractivity (Wildman–Crippen MR) is 84.1 cm³/mol. The van der Waals surface area contributed by atoms with E-state index in [0.717, 1.165) is 31.8 Å². The standard InChI is InChI=1S/C17H28N2O/c1-3-9-18-13-16-12-15(7-8-17(16)20-2)14-19-10-5-4-6-11-19/h7-8,12,18H,3-6,9-11,13-14H2,1-2H3. The minimum absolute atomic E-state index is 0.894. The number of hydrogen-bond acceptors (Lipinski definition) is 3. The van der Waals surface area contributed by atoms with Gasteiger partial charge in [0.2, 0.25) is 0 Å². The highest BCUT2D eigenvalue weighted by molar-refractivity contribution is 5.37. The molecule has 1 fully saturated rings. The second-order valence-electron chi connectivity index (χ2n) is 5.66. The largest absolute Gasteiger partial charge is 0.496 e. The van der Waals surface area contributed by atoms with Crippen molar-refractivity contribution in [2.45, 2.75) is 45.7 Å². The van der Waals surface area contributed by atoms with Crippen LogP contribution in [0.1, 0.15) is 43.7 Å². The van der Waals surface area contributed by atoms with Crippen molar-refractivity contribution in [2.24, 2.45) is 0 Å². The zero-order chi connectivity index (χ0) is 14.2. The number of benzene rings is 1. The topological polar surface area (TPSA) is 24.5 Å². The molecule has 0 radical (unpaired) electrons. The molecule has 0 aromatic heterocycles. The minimum Gasteiger partial charge on any atom is -0.496 e. The molecule has 1 aliphatic heterocycles. The zero-order valence-electron chi connectivity index (χ0n) is 13.0. The molecular weight excluding hydrogens is 248 g/mol. The van der Waals surface area contributed by atoms with Crippen LogP contribution in [0, 0.1) is 0 Å². The molecule has 2 rings (SSSR count). The lowest BCUT2D eigenvalue weighted by Gasteiger charge is -2.26. The van der Waals surface area contributed by atoms with Gasteiger partial charge in [0, 0.05) is 18.7 Å². The Labute approximate surface area is 123 Å². The van der Waals surface area contributed by atoms with Gasteiger partial charge in [-0.3, -0.25) is 4.90 Å². The summed E-state index contributed by atoms with van der Waals surface area (Å²) in [7, 11) is 1.75. The van der Waals surface area contributed by atoms with Crippen LogP contribution < -0.4 is 10.1 Å². The molecule has 0 saturated carbocycles. The first-order valence-electron chi connectivity index (χ1n) is 7.92. The van der Waals surface area contributed by atoms with Crippen LogP contribution >= 0.6 is 0 Å². The maximum atomic E-state index is 5.47. The van der Waals surface area contributed by atoms with E-state index in [1.807, 2.05) is 0 Å².